The smallest absolute Gasteiger partial charge is 0.164 e. The maximum Gasteiger partial charge on any atom is 0.164 e. The summed E-state index contributed by atoms with van der Waals surface area (Å²) in [7, 11) is 4.72. The molecule has 1 saturated carbocycles. The van der Waals surface area contributed by atoms with E-state index < -0.39 is 6.10 Å². The number of hydrogen-bond acceptors (Lipinski definition) is 5. The van der Waals surface area contributed by atoms with E-state index in [-0.39, 0.29) is 5.41 Å². The summed E-state index contributed by atoms with van der Waals surface area (Å²) >= 11 is 0. The predicted octanol–water partition coefficient (Wildman–Crippen LogP) is 1.87. The summed E-state index contributed by atoms with van der Waals surface area (Å²) in [5, 5.41) is 10.7. The number of hydrogen-bond donors (Lipinski definition) is 2. The SMILES string of the molecule is COc1cc(OC)c(C(O)C2(CN)CCC2)cc1OC. The van der Waals surface area contributed by atoms with Crippen molar-refractivity contribution in [3.05, 3.63) is 17.7 Å². The molecule has 0 aromatic heterocycles. The molecule has 0 saturated heterocycles. The van der Waals surface area contributed by atoms with Crippen LogP contribution in [0.15, 0.2) is 12.1 Å². The van der Waals surface area contributed by atoms with Gasteiger partial charge in [-0.25, -0.2) is 0 Å². The van der Waals surface area contributed by atoms with Gasteiger partial charge >= 0.3 is 0 Å². The number of benzene rings is 1. The Balaban J connectivity index is 2.44. The summed E-state index contributed by atoms with van der Waals surface area (Å²) < 4.78 is 15.9. The van der Waals surface area contributed by atoms with Crippen molar-refractivity contribution in [2.45, 2.75) is 25.4 Å². The van der Waals surface area contributed by atoms with Crippen LogP contribution in [0.4, 0.5) is 0 Å². The van der Waals surface area contributed by atoms with Gasteiger partial charge in [-0.05, 0) is 18.9 Å². The Kier molecular flexibility index (Phi) is 4.40. The molecule has 0 radical (unpaired) electrons. The summed E-state index contributed by atoms with van der Waals surface area (Å²) in [5.74, 6) is 1.75. The molecular formula is C15H23NO4. The predicted molar refractivity (Wildman–Crippen MR) is 76.4 cm³/mol. The summed E-state index contributed by atoms with van der Waals surface area (Å²) in [4.78, 5) is 0. The lowest BCUT2D eigenvalue weighted by Crippen LogP contribution is -2.42. The highest BCUT2D eigenvalue weighted by Gasteiger charge is 2.44. The van der Waals surface area contributed by atoms with E-state index in [4.69, 9.17) is 19.9 Å². The van der Waals surface area contributed by atoms with E-state index in [1.54, 1.807) is 33.5 Å². The molecule has 0 aliphatic heterocycles. The van der Waals surface area contributed by atoms with Crippen molar-refractivity contribution in [2.24, 2.45) is 11.1 Å². The summed E-state index contributed by atoms with van der Waals surface area (Å²) in [6.07, 6.45) is 2.31. The van der Waals surface area contributed by atoms with Crippen molar-refractivity contribution in [1.82, 2.24) is 0 Å². The first-order valence-corrected chi connectivity index (χ1v) is 6.80. The number of aliphatic hydroxyl groups is 1. The molecule has 5 heteroatoms. The second-order valence-electron chi connectivity index (χ2n) is 5.27. The average Bonchev–Trinajstić information content (AvgIpc) is 2.44. The Labute approximate surface area is 119 Å². The first kappa shape index (κ1) is 14.9. The molecule has 1 atom stereocenters. The van der Waals surface area contributed by atoms with Crippen LogP contribution < -0.4 is 19.9 Å². The number of aliphatic hydroxyl groups excluding tert-OH is 1. The lowest BCUT2D eigenvalue weighted by Gasteiger charge is -2.45. The van der Waals surface area contributed by atoms with Crippen LogP contribution in [0, 0.1) is 5.41 Å². The van der Waals surface area contributed by atoms with Crippen molar-refractivity contribution in [3.63, 3.8) is 0 Å². The molecule has 0 spiro atoms. The maximum absolute atomic E-state index is 10.7. The molecule has 1 aliphatic carbocycles. The first-order chi connectivity index (χ1) is 9.61. The molecule has 1 aromatic rings. The van der Waals surface area contributed by atoms with Gasteiger partial charge in [0.05, 0.1) is 27.4 Å². The molecule has 20 heavy (non-hydrogen) atoms. The van der Waals surface area contributed by atoms with E-state index in [0.717, 1.165) is 19.3 Å². The van der Waals surface area contributed by atoms with Crippen LogP contribution in [0.2, 0.25) is 0 Å². The largest absolute Gasteiger partial charge is 0.496 e. The number of nitrogens with two attached hydrogens (primary N) is 1. The van der Waals surface area contributed by atoms with Gasteiger partial charge in [0.15, 0.2) is 11.5 Å². The minimum Gasteiger partial charge on any atom is -0.496 e. The van der Waals surface area contributed by atoms with Gasteiger partial charge in [0.1, 0.15) is 5.75 Å². The van der Waals surface area contributed by atoms with Gasteiger partial charge < -0.3 is 25.1 Å². The van der Waals surface area contributed by atoms with Gasteiger partial charge in [0, 0.05) is 23.6 Å². The number of ether oxygens (including phenoxy) is 3. The lowest BCUT2D eigenvalue weighted by atomic mass is 9.63. The van der Waals surface area contributed by atoms with Gasteiger partial charge in [0.2, 0.25) is 0 Å². The fourth-order valence-corrected chi connectivity index (χ4v) is 2.82. The van der Waals surface area contributed by atoms with Gasteiger partial charge in [-0.2, -0.15) is 0 Å². The summed E-state index contributed by atoms with van der Waals surface area (Å²) in [6.45, 7) is 0.464. The molecule has 112 valence electrons. The third kappa shape index (κ3) is 2.31. The van der Waals surface area contributed by atoms with Crippen molar-refractivity contribution >= 4 is 0 Å². The fourth-order valence-electron chi connectivity index (χ4n) is 2.82. The zero-order valence-corrected chi connectivity index (χ0v) is 12.3. The highest BCUT2D eigenvalue weighted by atomic mass is 16.5. The first-order valence-electron chi connectivity index (χ1n) is 6.80. The average molecular weight is 281 g/mol. The Hall–Kier alpha value is -1.46. The molecule has 0 amide bonds. The topological polar surface area (TPSA) is 73.9 Å². The normalized spacial score (nSPS) is 18.1. The van der Waals surface area contributed by atoms with Crippen molar-refractivity contribution < 1.29 is 19.3 Å². The minimum absolute atomic E-state index is 0.243. The van der Waals surface area contributed by atoms with Crippen molar-refractivity contribution in [2.75, 3.05) is 27.9 Å². The maximum atomic E-state index is 10.7. The molecule has 2 rings (SSSR count). The standard InChI is InChI=1S/C15H23NO4/c1-18-11-8-13(20-3)12(19-2)7-10(11)14(17)15(9-16)5-4-6-15/h7-8,14,17H,4-6,9,16H2,1-3H3. The van der Waals surface area contributed by atoms with Crippen LogP contribution in [0.5, 0.6) is 17.2 Å². The third-order valence-corrected chi connectivity index (χ3v) is 4.37. The van der Waals surface area contributed by atoms with E-state index in [9.17, 15) is 5.11 Å². The minimum atomic E-state index is -0.656. The Morgan fingerprint density at radius 3 is 2.05 bits per heavy atom. The van der Waals surface area contributed by atoms with E-state index >= 15 is 0 Å². The number of methoxy groups -OCH3 is 3. The van der Waals surface area contributed by atoms with Crippen molar-refractivity contribution in [1.29, 1.82) is 0 Å². The van der Waals surface area contributed by atoms with Gasteiger partial charge in [-0.15, -0.1) is 0 Å². The Bertz CT molecular complexity index is 466. The second-order valence-corrected chi connectivity index (χ2v) is 5.27. The van der Waals surface area contributed by atoms with Crippen LogP contribution in [0.25, 0.3) is 0 Å². The second kappa shape index (κ2) is 5.89. The zero-order chi connectivity index (χ0) is 14.8. The monoisotopic (exact) mass is 281 g/mol. The zero-order valence-electron chi connectivity index (χ0n) is 12.3. The Morgan fingerprint density at radius 2 is 1.65 bits per heavy atom. The van der Waals surface area contributed by atoms with Gasteiger partial charge in [-0.3, -0.25) is 0 Å². The molecular weight excluding hydrogens is 258 g/mol. The fraction of sp³-hybridized carbons (Fsp3) is 0.600. The quantitative estimate of drug-likeness (QED) is 0.832. The molecule has 3 N–H and O–H groups in total. The van der Waals surface area contributed by atoms with Crippen LogP contribution in [-0.2, 0) is 0 Å². The number of rotatable bonds is 6. The molecule has 1 fully saturated rings. The summed E-state index contributed by atoms with van der Waals surface area (Å²) in [5.41, 5.74) is 6.33. The highest BCUT2D eigenvalue weighted by Crippen LogP contribution is 2.52. The molecule has 1 aromatic carbocycles. The molecule has 0 bridgehead atoms. The molecule has 1 unspecified atom stereocenters. The van der Waals surface area contributed by atoms with E-state index in [1.165, 1.54) is 0 Å². The molecule has 5 nitrogen and oxygen atoms in total. The molecule has 0 heterocycles. The van der Waals surface area contributed by atoms with Crippen LogP contribution in [0.3, 0.4) is 0 Å². The van der Waals surface area contributed by atoms with E-state index in [2.05, 4.69) is 0 Å². The van der Waals surface area contributed by atoms with Crippen LogP contribution in [-0.4, -0.2) is 33.0 Å². The molecule has 1 aliphatic rings. The van der Waals surface area contributed by atoms with E-state index in [0.29, 0.717) is 29.4 Å². The Morgan fingerprint density at radius 1 is 1.10 bits per heavy atom. The van der Waals surface area contributed by atoms with Gasteiger partial charge in [0.25, 0.3) is 0 Å². The van der Waals surface area contributed by atoms with Crippen molar-refractivity contribution in [3.8, 4) is 17.2 Å². The third-order valence-electron chi connectivity index (χ3n) is 4.37. The van der Waals surface area contributed by atoms with Gasteiger partial charge in [-0.1, -0.05) is 6.42 Å². The highest BCUT2D eigenvalue weighted by molar-refractivity contribution is 5.52. The van der Waals surface area contributed by atoms with Crippen LogP contribution in [0.1, 0.15) is 30.9 Å². The van der Waals surface area contributed by atoms with Crippen LogP contribution >= 0.6 is 0 Å². The summed E-state index contributed by atoms with van der Waals surface area (Å²) in [6, 6.07) is 3.51. The van der Waals surface area contributed by atoms with E-state index in [1.807, 2.05) is 0 Å². The lowest BCUT2D eigenvalue weighted by molar-refractivity contribution is -0.0309.